The van der Waals surface area contributed by atoms with Gasteiger partial charge < -0.3 is 15.5 Å². The van der Waals surface area contributed by atoms with Crippen LogP contribution in [-0.4, -0.2) is 52.6 Å². The Morgan fingerprint density at radius 3 is 2.20 bits per heavy atom. The van der Waals surface area contributed by atoms with Gasteiger partial charge in [0.25, 0.3) is 0 Å². The fraction of sp³-hybridized carbons (Fsp3) is 0.308. The molecule has 1 aromatic carbocycles. The fourth-order valence-corrected chi connectivity index (χ4v) is 1.68. The quantitative estimate of drug-likeness (QED) is 0.667. The molecule has 1 rings (SSSR count). The second kappa shape index (κ2) is 7.25. The first-order valence-electron chi connectivity index (χ1n) is 5.89. The number of carbonyl (C=O) groups excluding carboxylic acids is 1. The van der Waals surface area contributed by atoms with Crippen LogP contribution in [0.3, 0.4) is 0 Å². The van der Waals surface area contributed by atoms with Gasteiger partial charge >= 0.3 is 11.9 Å². The molecular formula is C13H16N2O5. The standard InChI is InChI=1S/C13H16N2O5/c1-9-3-2-4-10(5-9)14-11(16)6-15(7-12(17)18)8-13(19)20/h2-5H,6-8H2,1H3,(H,14,16)(H,17,18)(H,19,20). The van der Waals surface area contributed by atoms with Gasteiger partial charge in [0.15, 0.2) is 0 Å². The molecule has 108 valence electrons. The highest BCUT2D eigenvalue weighted by Crippen LogP contribution is 2.09. The van der Waals surface area contributed by atoms with E-state index >= 15 is 0 Å². The number of carboxylic acids is 2. The molecule has 0 saturated heterocycles. The maximum Gasteiger partial charge on any atom is 0.317 e. The highest BCUT2D eigenvalue weighted by molar-refractivity contribution is 5.92. The number of amides is 1. The molecule has 0 spiro atoms. The predicted octanol–water partition coefficient (Wildman–Crippen LogP) is 0.405. The zero-order chi connectivity index (χ0) is 15.1. The third-order valence-corrected chi connectivity index (χ3v) is 2.39. The molecule has 3 N–H and O–H groups in total. The molecule has 0 radical (unpaired) electrons. The number of nitrogens with one attached hydrogen (secondary N) is 1. The van der Waals surface area contributed by atoms with Gasteiger partial charge in [-0.2, -0.15) is 0 Å². The molecule has 7 heteroatoms. The zero-order valence-electron chi connectivity index (χ0n) is 11.0. The van der Waals surface area contributed by atoms with Gasteiger partial charge in [0, 0.05) is 5.69 Å². The van der Waals surface area contributed by atoms with E-state index in [2.05, 4.69) is 5.32 Å². The summed E-state index contributed by atoms with van der Waals surface area (Å²) in [5.41, 5.74) is 1.55. The number of aliphatic carboxylic acids is 2. The highest BCUT2D eigenvalue weighted by atomic mass is 16.4. The Balaban J connectivity index is 2.61. The van der Waals surface area contributed by atoms with Crippen molar-refractivity contribution in [2.75, 3.05) is 25.0 Å². The smallest absolute Gasteiger partial charge is 0.317 e. The van der Waals surface area contributed by atoms with E-state index in [1.54, 1.807) is 18.2 Å². The predicted molar refractivity (Wildman–Crippen MR) is 71.5 cm³/mol. The van der Waals surface area contributed by atoms with Gasteiger partial charge in [0.2, 0.25) is 5.91 Å². The maximum atomic E-state index is 11.8. The summed E-state index contributed by atoms with van der Waals surface area (Å²) in [6.07, 6.45) is 0. The fourth-order valence-electron chi connectivity index (χ4n) is 1.68. The van der Waals surface area contributed by atoms with Crippen LogP contribution in [0.1, 0.15) is 5.56 Å². The van der Waals surface area contributed by atoms with E-state index in [1.807, 2.05) is 13.0 Å². The van der Waals surface area contributed by atoms with E-state index in [4.69, 9.17) is 10.2 Å². The Morgan fingerprint density at radius 2 is 1.70 bits per heavy atom. The van der Waals surface area contributed by atoms with Gasteiger partial charge in [-0.25, -0.2) is 0 Å². The van der Waals surface area contributed by atoms with Crippen LogP contribution in [0, 0.1) is 6.92 Å². The van der Waals surface area contributed by atoms with Crippen LogP contribution in [0.25, 0.3) is 0 Å². The van der Waals surface area contributed by atoms with Crippen molar-refractivity contribution >= 4 is 23.5 Å². The molecule has 0 unspecified atom stereocenters. The molecule has 0 aromatic heterocycles. The molecule has 0 atom stereocenters. The summed E-state index contributed by atoms with van der Waals surface area (Å²) in [7, 11) is 0. The van der Waals surface area contributed by atoms with Crippen LogP contribution < -0.4 is 5.32 Å². The first-order chi connectivity index (χ1) is 9.36. The Labute approximate surface area is 115 Å². The third kappa shape index (κ3) is 5.96. The van der Waals surface area contributed by atoms with E-state index in [0.29, 0.717) is 5.69 Å². The molecular weight excluding hydrogens is 264 g/mol. The number of aryl methyl sites for hydroxylation is 1. The molecule has 0 fully saturated rings. The van der Waals surface area contributed by atoms with Gasteiger partial charge in [-0.05, 0) is 24.6 Å². The van der Waals surface area contributed by atoms with Crippen molar-refractivity contribution in [1.82, 2.24) is 4.90 Å². The molecule has 1 amide bonds. The minimum Gasteiger partial charge on any atom is -0.480 e. The number of anilines is 1. The lowest BCUT2D eigenvalue weighted by Crippen LogP contribution is -2.40. The molecule has 7 nitrogen and oxygen atoms in total. The summed E-state index contributed by atoms with van der Waals surface area (Å²) in [5, 5.41) is 19.9. The summed E-state index contributed by atoms with van der Waals surface area (Å²) in [6, 6.07) is 7.11. The summed E-state index contributed by atoms with van der Waals surface area (Å²) in [4.78, 5) is 34.0. The van der Waals surface area contributed by atoms with Crippen molar-refractivity contribution in [3.05, 3.63) is 29.8 Å². The normalized spacial score (nSPS) is 10.3. The zero-order valence-corrected chi connectivity index (χ0v) is 11.0. The number of hydrogen-bond donors (Lipinski definition) is 3. The molecule has 0 aliphatic rings. The molecule has 20 heavy (non-hydrogen) atoms. The van der Waals surface area contributed by atoms with Crippen LogP contribution in [0.5, 0.6) is 0 Å². The number of benzene rings is 1. The minimum atomic E-state index is -1.19. The van der Waals surface area contributed by atoms with Crippen molar-refractivity contribution < 1.29 is 24.6 Å². The Kier molecular flexibility index (Phi) is 5.67. The van der Waals surface area contributed by atoms with Crippen molar-refractivity contribution in [3.63, 3.8) is 0 Å². The number of rotatable bonds is 7. The first-order valence-corrected chi connectivity index (χ1v) is 5.89. The number of carboxylic acid groups (broad SMARTS) is 2. The van der Waals surface area contributed by atoms with E-state index in [9.17, 15) is 14.4 Å². The van der Waals surface area contributed by atoms with Crippen LogP contribution in [0.4, 0.5) is 5.69 Å². The Morgan fingerprint density at radius 1 is 1.10 bits per heavy atom. The van der Waals surface area contributed by atoms with E-state index in [1.165, 1.54) is 0 Å². The number of nitrogens with zero attached hydrogens (tertiary/aromatic N) is 1. The van der Waals surface area contributed by atoms with Crippen molar-refractivity contribution in [3.8, 4) is 0 Å². The molecule has 0 saturated carbocycles. The van der Waals surface area contributed by atoms with Gasteiger partial charge in [0.05, 0.1) is 19.6 Å². The summed E-state index contributed by atoms with van der Waals surface area (Å²) < 4.78 is 0. The topological polar surface area (TPSA) is 107 Å². The van der Waals surface area contributed by atoms with Crippen LogP contribution in [0.15, 0.2) is 24.3 Å². The van der Waals surface area contributed by atoms with Crippen LogP contribution >= 0.6 is 0 Å². The van der Waals surface area contributed by atoms with Gasteiger partial charge in [-0.3, -0.25) is 19.3 Å². The largest absolute Gasteiger partial charge is 0.480 e. The monoisotopic (exact) mass is 280 g/mol. The summed E-state index contributed by atoms with van der Waals surface area (Å²) >= 11 is 0. The minimum absolute atomic E-state index is 0.299. The number of carbonyl (C=O) groups is 3. The number of hydrogen-bond acceptors (Lipinski definition) is 4. The van der Waals surface area contributed by atoms with Crippen molar-refractivity contribution in [2.45, 2.75) is 6.92 Å². The van der Waals surface area contributed by atoms with E-state index in [0.717, 1.165) is 10.5 Å². The molecule has 0 aliphatic heterocycles. The van der Waals surface area contributed by atoms with Gasteiger partial charge in [-0.15, -0.1) is 0 Å². The second-order valence-corrected chi connectivity index (χ2v) is 4.35. The first kappa shape index (κ1) is 15.6. The second-order valence-electron chi connectivity index (χ2n) is 4.35. The lowest BCUT2D eigenvalue weighted by molar-refractivity contribution is -0.142. The van der Waals surface area contributed by atoms with Gasteiger partial charge in [-0.1, -0.05) is 12.1 Å². The van der Waals surface area contributed by atoms with Crippen molar-refractivity contribution in [2.24, 2.45) is 0 Å². The molecule has 0 aliphatic carbocycles. The summed E-state index contributed by atoms with van der Waals surface area (Å²) in [6.45, 7) is 0.560. The SMILES string of the molecule is Cc1cccc(NC(=O)CN(CC(=O)O)CC(=O)O)c1. The molecule has 0 heterocycles. The van der Waals surface area contributed by atoms with Crippen molar-refractivity contribution in [1.29, 1.82) is 0 Å². The average Bonchev–Trinajstić information content (AvgIpc) is 2.26. The average molecular weight is 280 g/mol. The lowest BCUT2D eigenvalue weighted by Gasteiger charge is -2.17. The molecule has 1 aromatic rings. The van der Waals surface area contributed by atoms with E-state index in [-0.39, 0.29) is 6.54 Å². The maximum absolute atomic E-state index is 11.8. The van der Waals surface area contributed by atoms with E-state index < -0.39 is 30.9 Å². The lowest BCUT2D eigenvalue weighted by atomic mass is 10.2. The highest BCUT2D eigenvalue weighted by Gasteiger charge is 2.16. The third-order valence-electron chi connectivity index (χ3n) is 2.39. The molecule has 0 bridgehead atoms. The van der Waals surface area contributed by atoms with Gasteiger partial charge in [0.1, 0.15) is 0 Å². The summed E-state index contributed by atoms with van der Waals surface area (Å²) in [5.74, 6) is -2.83. The Bertz CT molecular complexity index is 499. The van der Waals surface area contributed by atoms with Crippen LogP contribution in [0.2, 0.25) is 0 Å². The Hall–Kier alpha value is -2.41. The van der Waals surface area contributed by atoms with Crippen LogP contribution in [-0.2, 0) is 14.4 Å².